The molecule has 82 valence electrons. The fourth-order valence-corrected chi connectivity index (χ4v) is 2.29. The molecule has 1 amide bonds. The second-order valence-electron chi connectivity index (χ2n) is 4.33. The minimum Gasteiger partial charge on any atom is -0.339 e. The minimum atomic E-state index is 0.293. The van der Waals surface area contributed by atoms with Crippen LogP contribution in [0.25, 0.3) is 0 Å². The van der Waals surface area contributed by atoms with Gasteiger partial charge in [0.15, 0.2) is 0 Å². The van der Waals surface area contributed by atoms with Crippen LogP contribution in [0, 0.1) is 5.92 Å². The van der Waals surface area contributed by atoms with E-state index in [0.29, 0.717) is 30.2 Å². The SMILES string of the molecule is CC(C)C1CCCN1C(=O)CCCCl. The van der Waals surface area contributed by atoms with Crippen LogP contribution in [0.1, 0.15) is 39.5 Å². The highest BCUT2D eigenvalue weighted by Crippen LogP contribution is 2.24. The molecule has 1 rings (SSSR count). The van der Waals surface area contributed by atoms with Crippen molar-refractivity contribution in [1.29, 1.82) is 0 Å². The lowest BCUT2D eigenvalue weighted by molar-refractivity contribution is -0.132. The van der Waals surface area contributed by atoms with Gasteiger partial charge in [-0.05, 0) is 25.2 Å². The lowest BCUT2D eigenvalue weighted by atomic mass is 10.0. The van der Waals surface area contributed by atoms with E-state index in [0.717, 1.165) is 19.4 Å². The Morgan fingerprint density at radius 3 is 2.86 bits per heavy atom. The topological polar surface area (TPSA) is 20.3 Å². The molecular formula is C11H20ClNO. The molecule has 0 spiro atoms. The molecule has 1 aliphatic heterocycles. The molecule has 1 fully saturated rings. The monoisotopic (exact) mass is 217 g/mol. The third-order valence-electron chi connectivity index (χ3n) is 2.91. The molecule has 0 aromatic carbocycles. The van der Waals surface area contributed by atoms with E-state index in [-0.39, 0.29) is 0 Å². The molecule has 0 aromatic heterocycles. The molecule has 0 bridgehead atoms. The Morgan fingerprint density at radius 1 is 1.57 bits per heavy atom. The normalized spacial score (nSPS) is 22.0. The average Bonchev–Trinajstić information content (AvgIpc) is 2.62. The lowest BCUT2D eigenvalue weighted by Crippen LogP contribution is -2.38. The van der Waals surface area contributed by atoms with Crippen molar-refractivity contribution in [2.75, 3.05) is 12.4 Å². The summed E-state index contributed by atoms with van der Waals surface area (Å²) in [7, 11) is 0. The fraction of sp³-hybridized carbons (Fsp3) is 0.909. The Hall–Kier alpha value is -0.240. The average molecular weight is 218 g/mol. The van der Waals surface area contributed by atoms with Gasteiger partial charge in [-0.1, -0.05) is 13.8 Å². The van der Waals surface area contributed by atoms with E-state index in [1.165, 1.54) is 6.42 Å². The number of nitrogens with zero attached hydrogens (tertiary/aromatic N) is 1. The first-order chi connectivity index (χ1) is 6.66. The van der Waals surface area contributed by atoms with Gasteiger partial charge >= 0.3 is 0 Å². The zero-order valence-electron chi connectivity index (χ0n) is 9.13. The van der Waals surface area contributed by atoms with Crippen molar-refractivity contribution in [2.45, 2.75) is 45.6 Å². The van der Waals surface area contributed by atoms with Crippen LogP contribution >= 0.6 is 11.6 Å². The number of carbonyl (C=O) groups excluding carboxylic acids is 1. The molecule has 0 radical (unpaired) electrons. The molecule has 1 aliphatic rings. The second-order valence-corrected chi connectivity index (χ2v) is 4.71. The third-order valence-corrected chi connectivity index (χ3v) is 3.18. The van der Waals surface area contributed by atoms with Crippen molar-refractivity contribution in [3.8, 4) is 0 Å². The number of rotatable bonds is 4. The summed E-state index contributed by atoms with van der Waals surface area (Å²) in [6, 6.07) is 0.470. The zero-order chi connectivity index (χ0) is 10.6. The van der Waals surface area contributed by atoms with Gasteiger partial charge in [0.05, 0.1) is 0 Å². The number of alkyl halides is 1. The van der Waals surface area contributed by atoms with E-state index in [9.17, 15) is 4.79 Å². The van der Waals surface area contributed by atoms with Crippen molar-refractivity contribution in [2.24, 2.45) is 5.92 Å². The first-order valence-corrected chi connectivity index (χ1v) is 6.05. The van der Waals surface area contributed by atoms with Crippen LogP contribution in [-0.2, 0) is 4.79 Å². The third kappa shape index (κ3) is 2.88. The first kappa shape index (κ1) is 11.8. The zero-order valence-corrected chi connectivity index (χ0v) is 9.89. The molecule has 0 aliphatic carbocycles. The summed E-state index contributed by atoms with van der Waals surface area (Å²) in [5, 5.41) is 0. The van der Waals surface area contributed by atoms with Crippen LogP contribution in [0.15, 0.2) is 0 Å². The van der Waals surface area contributed by atoms with Crippen LogP contribution in [0.4, 0.5) is 0 Å². The van der Waals surface area contributed by atoms with Gasteiger partial charge in [0, 0.05) is 24.9 Å². The Kier molecular flexibility index (Phi) is 4.73. The van der Waals surface area contributed by atoms with Gasteiger partial charge in [-0.2, -0.15) is 0 Å². The van der Waals surface area contributed by atoms with Gasteiger partial charge in [-0.25, -0.2) is 0 Å². The van der Waals surface area contributed by atoms with Crippen molar-refractivity contribution in [3.05, 3.63) is 0 Å². The maximum atomic E-state index is 11.8. The van der Waals surface area contributed by atoms with Crippen LogP contribution in [0.3, 0.4) is 0 Å². The molecule has 0 saturated carbocycles. The minimum absolute atomic E-state index is 0.293. The summed E-state index contributed by atoms with van der Waals surface area (Å²) in [6.07, 6.45) is 3.76. The Labute approximate surface area is 91.6 Å². The van der Waals surface area contributed by atoms with Gasteiger partial charge in [-0.15, -0.1) is 11.6 Å². The standard InChI is InChI=1S/C11H20ClNO/c1-9(2)10-5-4-8-13(10)11(14)6-3-7-12/h9-10H,3-8H2,1-2H3. The molecule has 1 saturated heterocycles. The maximum Gasteiger partial charge on any atom is 0.222 e. The number of likely N-dealkylation sites (tertiary alicyclic amines) is 1. The number of hydrogen-bond donors (Lipinski definition) is 0. The molecule has 0 aromatic rings. The van der Waals surface area contributed by atoms with Gasteiger partial charge in [0.25, 0.3) is 0 Å². The number of carbonyl (C=O) groups is 1. The van der Waals surface area contributed by atoms with E-state index in [1.807, 2.05) is 0 Å². The van der Waals surface area contributed by atoms with Crippen molar-refractivity contribution in [3.63, 3.8) is 0 Å². The van der Waals surface area contributed by atoms with E-state index >= 15 is 0 Å². The van der Waals surface area contributed by atoms with Gasteiger partial charge in [0.1, 0.15) is 0 Å². The summed E-state index contributed by atoms with van der Waals surface area (Å²) < 4.78 is 0. The van der Waals surface area contributed by atoms with Gasteiger partial charge < -0.3 is 4.90 Å². The first-order valence-electron chi connectivity index (χ1n) is 5.52. The van der Waals surface area contributed by atoms with E-state index in [2.05, 4.69) is 18.7 Å². The predicted octanol–water partition coefficient (Wildman–Crippen LogP) is 2.65. The number of halogens is 1. The summed E-state index contributed by atoms with van der Waals surface area (Å²) in [5.41, 5.74) is 0. The Bertz CT molecular complexity index is 194. The summed E-state index contributed by atoms with van der Waals surface area (Å²) in [6.45, 7) is 5.33. The molecule has 1 unspecified atom stereocenters. The quantitative estimate of drug-likeness (QED) is 0.663. The number of amides is 1. The van der Waals surface area contributed by atoms with Gasteiger partial charge in [-0.3, -0.25) is 4.79 Å². The lowest BCUT2D eigenvalue weighted by Gasteiger charge is -2.27. The van der Waals surface area contributed by atoms with Crippen LogP contribution in [-0.4, -0.2) is 29.3 Å². The second kappa shape index (κ2) is 5.59. The summed E-state index contributed by atoms with van der Waals surface area (Å²) in [4.78, 5) is 13.8. The number of hydrogen-bond acceptors (Lipinski definition) is 1. The summed E-state index contributed by atoms with van der Waals surface area (Å²) in [5.74, 6) is 1.46. The Balaban J connectivity index is 2.45. The molecule has 1 atom stereocenters. The molecule has 0 N–H and O–H groups in total. The van der Waals surface area contributed by atoms with E-state index < -0.39 is 0 Å². The molecule has 3 heteroatoms. The van der Waals surface area contributed by atoms with Gasteiger partial charge in [0.2, 0.25) is 5.91 Å². The van der Waals surface area contributed by atoms with Crippen molar-refractivity contribution in [1.82, 2.24) is 4.90 Å². The highest BCUT2D eigenvalue weighted by atomic mass is 35.5. The van der Waals surface area contributed by atoms with Crippen molar-refractivity contribution < 1.29 is 4.79 Å². The van der Waals surface area contributed by atoms with E-state index in [4.69, 9.17) is 11.6 Å². The molecule has 2 nitrogen and oxygen atoms in total. The fourth-order valence-electron chi connectivity index (χ4n) is 2.16. The predicted molar refractivity (Wildman–Crippen MR) is 59.5 cm³/mol. The maximum absolute atomic E-state index is 11.8. The Morgan fingerprint density at radius 2 is 2.29 bits per heavy atom. The smallest absolute Gasteiger partial charge is 0.222 e. The molecule has 1 heterocycles. The van der Waals surface area contributed by atoms with Crippen LogP contribution in [0.2, 0.25) is 0 Å². The van der Waals surface area contributed by atoms with Crippen LogP contribution in [0.5, 0.6) is 0 Å². The highest BCUT2D eigenvalue weighted by molar-refractivity contribution is 6.17. The highest BCUT2D eigenvalue weighted by Gasteiger charge is 2.29. The van der Waals surface area contributed by atoms with Crippen molar-refractivity contribution >= 4 is 17.5 Å². The molecular weight excluding hydrogens is 198 g/mol. The van der Waals surface area contributed by atoms with Crippen LogP contribution < -0.4 is 0 Å². The largest absolute Gasteiger partial charge is 0.339 e. The summed E-state index contributed by atoms with van der Waals surface area (Å²) >= 11 is 5.58. The molecule has 14 heavy (non-hydrogen) atoms. The van der Waals surface area contributed by atoms with E-state index in [1.54, 1.807) is 0 Å².